The maximum atomic E-state index is 4.86. The molecular formula is C6H9N3O. The van der Waals surface area contributed by atoms with E-state index in [1.807, 2.05) is 6.92 Å². The summed E-state index contributed by atoms with van der Waals surface area (Å²) in [5.74, 6) is 4.86. The van der Waals surface area contributed by atoms with Crippen molar-refractivity contribution in [3.63, 3.8) is 0 Å². The molecule has 0 spiro atoms. The van der Waals surface area contributed by atoms with Gasteiger partial charge in [-0.2, -0.15) is 0 Å². The van der Waals surface area contributed by atoms with E-state index < -0.39 is 0 Å². The van der Waals surface area contributed by atoms with Gasteiger partial charge in [0.2, 0.25) is 0 Å². The van der Waals surface area contributed by atoms with Gasteiger partial charge in [-0.1, -0.05) is 0 Å². The van der Waals surface area contributed by atoms with Crippen LogP contribution >= 0.6 is 0 Å². The lowest BCUT2D eigenvalue weighted by Gasteiger charge is -1.98. The Morgan fingerprint density at radius 1 is 1.50 bits per heavy atom. The SMILES string of the molecule is Cc1nccnc1CON. The zero-order valence-corrected chi connectivity index (χ0v) is 5.74. The van der Waals surface area contributed by atoms with Crippen LogP contribution in [0, 0.1) is 6.92 Å². The first-order chi connectivity index (χ1) is 4.84. The monoisotopic (exact) mass is 139 g/mol. The second-order valence-corrected chi connectivity index (χ2v) is 1.90. The third kappa shape index (κ3) is 1.49. The number of rotatable bonds is 2. The highest BCUT2D eigenvalue weighted by atomic mass is 16.6. The maximum Gasteiger partial charge on any atom is 0.112 e. The summed E-state index contributed by atoms with van der Waals surface area (Å²) in [6.45, 7) is 2.18. The Morgan fingerprint density at radius 2 is 2.20 bits per heavy atom. The van der Waals surface area contributed by atoms with Crippen LogP contribution in [-0.4, -0.2) is 9.97 Å². The summed E-state index contributed by atoms with van der Waals surface area (Å²) in [5.41, 5.74) is 1.64. The number of nitrogens with two attached hydrogens (primary N) is 1. The summed E-state index contributed by atoms with van der Waals surface area (Å²) < 4.78 is 0. The van der Waals surface area contributed by atoms with Gasteiger partial charge in [0, 0.05) is 12.4 Å². The molecule has 10 heavy (non-hydrogen) atoms. The highest BCUT2D eigenvalue weighted by molar-refractivity contribution is 5.06. The minimum Gasteiger partial charge on any atom is -0.298 e. The molecule has 0 amide bonds. The Hall–Kier alpha value is -1.00. The molecule has 0 aromatic carbocycles. The Labute approximate surface area is 59.0 Å². The van der Waals surface area contributed by atoms with Gasteiger partial charge in [-0.05, 0) is 6.92 Å². The zero-order chi connectivity index (χ0) is 7.40. The third-order valence-electron chi connectivity index (χ3n) is 1.20. The van der Waals surface area contributed by atoms with Crippen molar-refractivity contribution in [1.82, 2.24) is 9.97 Å². The van der Waals surface area contributed by atoms with Crippen LogP contribution in [-0.2, 0) is 11.4 Å². The standard InChI is InChI=1S/C6H9N3O/c1-5-6(4-10-7)9-3-2-8-5/h2-3H,4,7H2,1H3. The van der Waals surface area contributed by atoms with E-state index in [1.54, 1.807) is 12.4 Å². The Morgan fingerprint density at radius 3 is 2.80 bits per heavy atom. The van der Waals surface area contributed by atoms with E-state index in [0.29, 0.717) is 6.61 Å². The van der Waals surface area contributed by atoms with E-state index >= 15 is 0 Å². The van der Waals surface area contributed by atoms with Crippen molar-refractivity contribution < 1.29 is 4.84 Å². The fourth-order valence-electron chi connectivity index (χ4n) is 0.657. The molecule has 0 saturated heterocycles. The van der Waals surface area contributed by atoms with Crippen LogP contribution in [0.2, 0.25) is 0 Å². The van der Waals surface area contributed by atoms with Crippen LogP contribution in [0.25, 0.3) is 0 Å². The van der Waals surface area contributed by atoms with E-state index in [2.05, 4.69) is 14.8 Å². The van der Waals surface area contributed by atoms with Crippen molar-refractivity contribution in [2.75, 3.05) is 0 Å². The smallest absolute Gasteiger partial charge is 0.112 e. The van der Waals surface area contributed by atoms with Gasteiger partial charge >= 0.3 is 0 Å². The molecule has 0 aliphatic rings. The lowest BCUT2D eigenvalue weighted by Crippen LogP contribution is -2.03. The summed E-state index contributed by atoms with van der Waals surface area (Å²) in [7, 11) is 0. The number of hydrogen-bond donors (Lipinski definition) is 1. The molecule has 4 heteroatoms. The summed E-state index contributed by atoms with van der Waals surface area (Å²) >= 11 is 0. The highest BCUT2D eigenvalue weighted by Crippen LogP contribution is 1.98. The second-order valence-electron chi connectivity index (χ2n) is 1.90. The molecule has 0 aliphatic carbocycles. The van der Waals surface area contributed by atoms with Crippen molar-refractivity contribution in [1.29, 1.82) is 0 Å². The Balaban J connectivity index is 2.81. The molecule has 0 aliphatic heterocycles. The molecule has 4 nitrogen and oxygen atoms in total. The molecule has 0 radical (unpaired) electrons. The number of aryl methyl sites for hydroxylation is 1. The first-order valence-electron chi connectivity index (χ1n) is 2.92. The second kappa shape index (κ2) is 3.24. The molecule has 1 rings (SSSR count). The predicted octanol–water partition coefficient (Wildman–Crippen LogP) is 0.175. The van der Waals surface area contributed by atoms with Crippen molar-refractivity contribution in [3.05, 3.63) is 23.8 Å². The van der Waals surface area contributed by atoms with Crippen LogP contribution in [0.1, 0.15) is 11.4 Å². The van der Waals surface area contributed by atoms with Crippen LogP contribution in [0.3, 0.4) is 0 Å². The largest absolute Gasteiger partial charge is 0.298 e. The lowest BCUT2D eigenvalue weighted by atomic mass is 10.3. The maximum absolute atomic E-state index is 4.86. The minimum absolute atomic E-state index is 0.319. The van der Waals surface area contributed by atoms with Crippen LogP contribution < -0.4 is 5.90 Å². The zero-order valence-electron chi connectivity index (χ0n) is 5.74. The molecule has 0 unspecified atom stereocenters. The van der Waals surface area contributed by atoms with Gasteiger partial charge in [-0.25, -0.2) is 5.90 Å². The molecular weight excluding hydrogens is 130 g/mol. The number of nitrogens with zero attached hydrogens (tertiary/aromatic N) is 2. The topological polar surface area (TPSA) is 61.0 Å². The number of aromatic nitrogens is 2. The van der Waals surface area contributed by atoms with E-state index in [4.69, 9.17) is 5.90 Å². The van der Waals surface area contributed by atoms with Gasteiger partial charge in [0.25, 0.3) is 0 Å². The van der Waals surface area contributed by atoms with Gasteiger partial charge in [0.1, 0.15) is 6.61 Å². The lowest BCUT2D eigenvalue weighted by molar-refractivity contribution is 0.120. The van der Waals surface area contributed by atoms with E-state index in [1.165, 1.54) is 0 Å². The van der Waals surface area contributed by atoms with E-state index in [0.717, 1.165) is 11.4 Å². The predicted molar refractivity (Wildman–Crippen MR) is 35.7 cm³/mol. The van der Waals surface area contributed by atoms with Crippen LogP contribution in [0.4, 0.5) is 0 Å². The molecule has 54 valence electrons. The van der Waals surface area contributed by atoms with E-state index in [9.17, 15) is 0 Å². The molecule has 1 aromatic rings. The first-order valence-corrected chi connectivity index (χ1v) is 2.92. The quantitative estimate of drug-likeness (QED) is 0.593. The average Bonchev–Trinajstić information content (AvgIpc) is 1.94. The van der Waals surface area contributed by atoms with Gasteiger partial charge < -0.3 is 0 Å². The van der Waals surface area contributed by atoms with Crippen molar-refractivity contribution >= 4 is 0 Å². The van der Waals surface area contributed by atoms with Crippen LogP contribution in [0.15, 0.2) is 12.4 Å². The summed E-state index contributed by atoms with van der Waals surface area (Å²) in [4.78, 5) is 12.4. The van der Waals surface area contributed by atoms with Gasteiger partial charge in [-0.3, -0.25) is 14.8 Å². The molecule has 0 fully saturated rings. The summed E-state index contributed by atoms with van der Waals surface area (Å²) in [6, 6.07) is 0. The van der Waals surface area contributed by atoms with Gasteiger partial charge in [0.05, 0.1) is 11.4 Å². The average molecular weight is 139 g/mol. The normalized spacial score (nSPS) is 9.80. The van der Waals surface area contributed by atoms with Crippen molar-refractivity contribution in [2.24, 2.45) is 5.90 Å². The van der Waals surface area contributed by atoms with Crippen LogP contribution in [0.5, 0.6) is 0 Å². The Kier molecular flexibility index (Phi) is 2.30. The third-order valence-corrected chi connectivity index (χ3v) is 1.20. The molecule has 0 atom stereocenters. The molecule has 0 bridgehead atoms. The molecule has 1 heterocycles. The Bertz CT molecular complexity index is 214. The fourth-order valence-corrected chi connectivity index (χ4v) is 0.657. The first kappa shape index (κ1) is 7.11. The number of hydrogen-bond acceptors (Lipinski definition) is 4. The van der Waals surface area contributed by atoms with Crippen molar-refractivity contribution in [2.45, 2.75) is 13.5 Å². The van der Waals surface area contributed by atoms with E-state index in [-0.39, 0.29) is 0 Å². The molecule has 0 saturated carbocycles. The fraction of sp³-hybridized carbons (Fsp3) is 0.333. The molecule has 2 N–H and O–H groups in total. The van der Waals surface area contributed by atoms with Gasteiger partial charge in [0.15, 0.2) is 0 Å². The molecule has 1 aromatic heterocycles. The van der Waals surface area contributed by atoms with Crippen molar-refractivity contribution in [3.8, 4) is 0 Å². The summed E-state index contributed by atoms with van der Waals surface area (Å²) in [6.07, 6.45) is 3.25. The van der Waals surface area contributed by atoms with Gasteiger partial charge in [-0.15, -0.1) is 0 Å². The summed E-state index contributed by atoms with van der Waals surface area (Å²) in [5, 5.41) is 0. The minimum atomic E-state index is 0.319. The highest BCUT2D eigenvalue weighted by Gasteiger charge is 1.96.